The number of ether oxygens (including phenoxy) is 1. The first-order valence-corrected chi connectivity index (χ1v) is 4.93. The molecule has 0 saturated carbocycles. The van der Waals surface area contributed by atoms with E-state index in [4.69, 9.17) is 4.74 Å². The number of benzene rings is 1. The van der Waals surface area contributed by atoms with Gasteiger partial charge in [-0.25, -0.2) is 0 Å². The molecule has 0 spiro atoms. The van der Waals surface area contributed by atoms with Gasteiger partial charge in [0.15, 0.2) is 0 Å². The summed E-state index contributed by atoms with van der Waals surface area (Å²) in [7, 11) is 1.75. The Morgan fingerprint density at radius 1 is 1.36 bits per heavy atom. The van der Waals surface area contributed by atoms with Gasteiger partial charge in [0.05, 0.1) is 24.1 Å². The van der Waals surface area contributed by atoms with Crippen LogP contribution in [0, 0.1) is 0 Å². The molecule has 1 aliphatic rings. The molecule has 76 valence electrons. The highest BCUT2D eigenvalue weighted by Gasteiger charge is 2.10. The molecule has 0 fully saturated rings. The smallest absolute Gasteiger partial charge is 0.0850 e. The molecular formula is C11H16N2O. The number of hydrogen-bond donors (Lipinski definition) is 2. The van der Waals surface area contributed by atoms with Gasteiger partial charge in [-0.15, -0.1) is 0 Å². The average Bonchev–Trinajstić information content (AvgIpc) is 2.64. The quantitative estimate of drug-likeness (QED) is 0.769. The zero-order valence-corrected chi connectivity index (χ0v) is 8.63. The van der Waals surface area contributed by atoms with Gasteiger partial charge >= 0.3 is 0 Å². The van der Waals surface area contributed by atoms with Crippen molar-refractivity contribution in [2.45, 2.75) is 19.4 Å². The molecule has 0 radical (unpaired) electrons. The molecule has 0 bridgehead atoms. The first-order chi connectivity index (χ1) is 6.79. The molecule has 0 aliphatic carbocycles. The molecule has 2 rings (SSSR count). The first-order valence-electron chi connectivity index (χ1n) is 4.93. The van der Waals surface area contributed by atoms with Crippen LogP contribution in [-0.4, -0.2) is 19.9 Å². The van der Waals surface area contributed by atoms with Crippen LogP contribution in [0.4, 0.5) is 11.4 Å². The van der Waals surface area contributed by atoms with E-state index in [2.05, 4.69) is 35.8 Å². The van der Waals surface area contributed by atoms with Crippen LogP contribution in [0.3, 0.4) is 0 Å². The Balaban J connectivity index is 2.12. The molecule has 3 nitrogen and oxygen atoms in total. The number of anilines is 2. The molecule has 0 unspecified atom stereocenters. The molecule has 1 atom stereocenters. The van der Waals surface area contributed by atoms with Gasteiger partial charge in [-0.3, -0.25) is 0 Å². The molecule has 1 aliphatic heterocycles. The predicted octanol–water partition coefficient (Wildman–Crippen LogP) is 2.06. The van der Waals surface area contributed by atoms with Crippen LogP contribution in [0.5, 0.6) is 0 Å². The fourth-order valence-corrected chi connectivity index (χ4v) is 1.67. The van der Waals surface area contributed by atoms with Gasteiger partial charge in [-0.05, 0) is 31.0 Å². The van der Waals surface area contributed by atoms with Crippen molar-refractivity contribution in [2.75, 3.05) is 24.4 Å². The second-order valence-corrected chi connectivity index (χ2v) is 3.66. The Morgan fingerprint density at radius 2 is 2.14 bits per heavy atom. The van der Waals surface area contributed by atoms with E-state index in [1.165, 1.54) is 16.9 Å². The van der Waals surface area contributed by atoms with Crippen molar-refractivity contribution in [1.29, 1.82) is 0 Å². The molecule has 0 aromatic heterocycles. The van der Waals surface area contributed by atoms with E-state index in [1.807, 2.05) is 0 Å². The van der Waals surface area contributed by atoms with E-state index in [0.717, 1.165) is 13.1 Å². The third-order valence-electron chi connectivity index (χ3n) is 2.57. The maximum absolute atomic E-state index is 5.24. The van der Waals surface area contributed by atoms with Crippen molar-refractivity contribution in [3.8, 4) is 0 Å². The van der Waals surface area contributed by atoms with Crippen LogP contribution in [0.2, 0.25) is 0 Å². The second-order valence-electron chi connectivity index (χ2n) is 3.66. The van der Waals surface area contributed by atoms with Gasteiger partial charge in [-0.2, -0.15) is 0 Å². The van der Waals surface area contributed by atoms with E-state index in [0.29, 0.717) is 0 Å². The molecule has 3 heteroatoms. The Labute approximate surface area is 84.5 Å². The van der Waals surface area contributed by atoms with Crippen molar-refractivity contribution in [3.63, 3.8) is 0 Å². The fourth-order valence-electron chi connectivity index (χ4n) is 1.67. The summed E-state index contributed by atoms with van der Waals surface area (Å²) in [5.41, 5.74) is 3.71. The lowest BCUT2D eigenvalue weighted by molar-refractivity contribution is 0.119. The lowest BCUT2D eigenvalue weighted by Crippen LogP contribution is -2.08. The Kier molecular flexibility index (Phi) is 2.59. The number of nitrogens with one attached hydrogen (secondary N) is 2. The molecule has 0 saturated heterocycles. The number of fused-ring (bicyclic) bond motifs is 1. The van der Waals surface area contributed by atoms with Crippen LogP contribution in [0.15, 0.2) is 18.2 Å². The van der Waals surface area contributed by atoms with Crippen molar-refractivity contribution in [3.05, 3.63) is 23.8 Å². The van der Waals surface area contributed by atoms with Crippen LogP contribution in [-0.2, 0) is 11.2 Å². The minimum atomic E-state index is 0.280. The molecule has 1 aromatic rings. The summed E-state index contributed by atoms with van der Waals surface area (Å²) < 4.78 is 5.24. The second kappa shape index (κ2) is 3.88. The van der Waals surface area contributed by atoms with Gasteiger partial charge in [-0.1, -0.05) is 6.07 Å². The van der Waals surface area contributed by atoms with Gasteiger partial charge in [0.25, 0.3) is 0 Å². The van der Waals surface area contributed by atoms with Crippen LogP contribution in [0.25, 0.3) is 0 Å². The SMILES string of the molecule is CO[C@H](C)Cc1ccc2c(c1)NCN2. The highest BCUT2D eigenvalue weighted by atomic mass is 16.5. The van der Waals surface area contributed by atoms with Gasteiger partial charge in [0.2, 0.25) is 0 Å². The molecule has 14 heavy (non-hydrogen) atoms. The Bertz CT molecular complexity index is 325. The van der Waals surface area contributed by atoms with E-state index in [1.54, 1.807) is 7.11 Å². The van der Waals surface area contributed by atoms with Gasteiger partial charge in [0.1, 0.15) is 0 Å². The molecule has 1 aromatic carbocycles. The summed E-state index contributed by atoms with van der Waals surface area (Å²) in [6, 6.07) is 6.45. The number of rotatable bonds is 3. The lowest BCUT2D eigenvalue weighted by Gasteiger charge is -2.10. The zero-order valence-electron chi connectivity index (χ0n) is 8.63. The summed E-state index contributed by atoms with van der Waals surface area (Å²) >= 11 is 0. The van der Waals surface area contributed by atoms with E-state index in [-0.39, 0.29) is 6.10 Å². The monoisotopic (exact) mass is 192 g/mol. The molecular weight excluding hydrogens is 176 g/mol. The van der Waals surface area contributed by atoms with E-state index >= 15 is 0 Å². The largest absolute Gasteiger partial charge is 0.381 e. The molecule has 1 heterocycles. The topological polar surface area (TPSA) is 33.3 Å². The van der Waals surface area contributed by atoms with Crippen molar-refractivity contribution in [1.82, 2.24) is 0 Å². The average molecular weight is 192 g/mol. The van der Waals surface area contributed by atoms with Crippen LogP contribution in [0.1, 0.15) is 12.5 Å². The minimum absolute atomic E-state index is 0.280. The van der Waals surface area contributed by atoms with E-state index in [9.17, 15) is 0 Å². The Hall–Kier alpha value is -1.22. The minimum Gasteiger partial charge on any atom is -0.381 e. The van der Waals surface area contributed by atoms with Crippen molar-refractivity contribution < 1.29 is 4.74 Å². The maximum atomic E-state index is 5.24. The highest BCUT2D eigenvalue weighted by molar-refractivity contribution is 5.73. The van der Waals surface area contributed by atoms with Crippen LogP contribution >= 0.6 is 0 Å². The van der Waals surface area contributed by atoms with Crippen molar-refractivity contribution >= 4 is 11.4 Å². The standard InChI is InChI=1S/C11H16N2O/c1-8(14-2)5-9-3-4-10-11(6-9)13-7-12-10/h3-4,6,8,12-13H,5,7H2,1-2H3/t8-/m1/s1. The summed E-state index contributed by atoms with van der Waals surface area (Å²) in [6.07, 6.45) is 1.24. The first kappa shape index (κ1) is 9.34. The summed E-state index contributed by atoms with van der Waals surface area (Å²) in [5, 5.41) is 6.53. The van der Waals surface area contributed by atoms with Crippen LogP contribution < -0.4 is 10.6 Å². The third-order valence-corrected chi connectivity index (χ3v) is 2.57. The summed E-state index contributed by atoms with van der Waals surface area (Å²) in [6.45, 7) is 2.91. The normalized spacial score (nSPS) is 15.6. The number of hydrogen-bond acceptors (Lipinski definition) is 3. The number of methoxy groups -OCH3 is 1. The predicted molar refractivity (Wildman–Crippen MR) is 58.7 cm³/mol. The van der Waals surface area contributed by atoms with Gasteiger partial charge < -0.3 is 15.4 Å². The van der Waals surface area contributed by atoms with Crippen molar-refractivity contribution in [2.24, 2.45) is 0 Å². The summed E-state index contributed by atoms with van der Waals surface area (Å²) in [5.74, 6) is 0. The van der Waals surface area contributed by atoms with E-state index < -0.39 is 0 Å². The highest BCUT2D eigenvalue weighted by Crippen LogP contribution is 2.27. The Morgan fingerprint density at radius 3 is 2.93 bits per heavy atom. The molecule has 0 amide bonds. The zero-order chi connectivity index (χ0) is 9.97. The van der Waals surface area contributed by atoms with Gasteiger partial charge in [0, 0.05) is 7.11 Å². The summed E-state index contributed by atoms with van der Waals surface area (Å²) in [4.78, 5) is 0. The fraction of sp³-hybridized carbons (Fsp3) is 0.455. The lowest BCUT2D eigenvalue weighted by atomic mass is 10.1. The third kappa shape index (κ3) is 1.82. The molecule has 2 N–H and O–H groups in total. The maximum Gasteiger partial charge on any atom is 0.0850 e.